The van der Waals surface area contributed by atoms with Crippen LogP contribution in [0.1, 0.15) is 31.2 Å². The average molecular weight is 566 g/mol. The molecule has 0 aliphatic carbocycles. The van der Waals surface area contributed by atoms with Gasteiger partial charge in [0.25, 0.3) is 5.92 Å². The molecule has 0 unspecified atom stereocenters. The summed E-state index contributed by atoms with van der Waals surface area (Å²) in [6.07, 6.45) is 2.11. The predicted molar refractivity (Wildman–Crippen MR) is 149 cm³/mol. The van der Waals surface area contributed by atoms with Gasteiger partial charge in [-0.25, -0.2) is 18.7 Å². The summed E-state index contributed by atoms with van der Waals surface area (Å²) in [5, 5.41) is 7.48. The summed E-state index contributed by atoms with van der Waals surface area (Å²) >= 11 is 2.91. The van der Waals surface area contributed by atoms with Crippen LogP contribution >= 0.6 is 22.7 Å². The molecule has 2 aromatic heterocycles. The average Bonchev–Trinajstić information content (AvgIpc) is 3.49. The highest BCUT2D eigenvalue weighted by Gasteiger charge is 2.37. The zero-order chi connectivity index (χ0) is 27.0. The number of thiazole rings is 2. The van der Waals surface area contributed by atoms with Gasteiger partial charge in [0.15, 0.2) is 10.3 Å². The Bertz CT molecular complexity index is 1330. The standard InChI is InChI=1S/C25H33F2N7O2S2/c1-15-21-17(37-23(30-21)28-12-19(35)33-9-5-16(6-10-33)32(2)3)11-18-22(15)31-24(38-18)29-13-20(36)34-8-4-7-25(26,27)14-34/h11,16H,4-10,12-14H2,1-3H3,(H,28,30)(H,29,31). The molecule has 0 atom stereocenters. The Balaban J connectivity index is 1.20. The number of benzene rings is 1. The van der Waals surface area contributed by atoms with Gasteiger partial charge < -0.3 is 25.3 Å². The first-order chi connectivity index (χ1) is 18.1. The van der Waals surface area contributed by atoms with E-state index in [1.807, 2.05) is 17.9 Å². The quantitative estimate of drug-likeness (QED) is 0.450. The van der Waals surface area contributed by atoms with Crippen molar-refractivity contribution in [1.29, 1.82) is 0 Å². The van der Waals surface area contributed by atoms with E-state index in [0.717, 1.165) is 51.9 Å². The maximum Gasteiger partial charge on any atom is 0.265 e. The summed E-state index contributed by atoms with van der Waals surface area (Å²) in [4.78, 5) is 39.9. The lowest BCUT2D eigenvalue weighted by molar-refractivity contribution is -0.139. The number of hydrogen-bond acceptors (Lipinski definition) is 9. The Hall–Kier alpha value is -2.64. The summed E-state index contributed by atoms with van der Waals surface area (Å²) in [6, 6.07) is 2.55. The van der Waals surface area contributed by atoms with Crippen molar-refractivity contribution in [3.05, 3.63) is 11.6 Å². The molecule has 3 aromatic rings. The van der Waals surface area contributed by atoms with E-state index in [4.69, 9.17) is 4.98 Å². The van der Waals surface area contributed by atoms with Gasteiger partial charge in [0.2, 0.25) is 11.8 Å². The second-order valence-electron chi connectivity index (χ2n) is 10.3. The van der Waals surface area contributed by atoms with E-state index < -0.39 is 12.5 Å². The van der Waals surface area contributed by atoms with Gasteiger partial charge in [-0.3, -0.25) is 9.59 Å². The largest absolute Gasteiger partial charge is 0.352 e. The third kappa shape index (κ3) is 5.84. The maximum atomic E-state index is 13.7. The molecule has 2 aliphatic rings. The first-order valence-corrected chi connectivity index (χ1v) is 14.5. The summed E-state index contributed by atoms with van der Waals surface area (Å²) in [6.45, 7) is 3.48. The van der Waals surface area contributed by atoms with Crippen molar-refractivity contribution in [2.45, 2.75) is 44.6 Å². The molecule has 0 bridgehead atoms. The maximum absolute atomic E-state index is 13.7. The van der Waals surface area contributed by atoms with E-state index in [9.17, 15) is 18.4 Å². The predicted octanol–water partition coefficient (Wildman–Crippen LogP) is 3.85. The third-order valence-corrected chi connectivity index (χ3v) is 9.27. The van der Waals surface area contributed by atoms with Crippen molar-refractivity contribution in [3.63, 3.8) is 0 Å². The highest BCUT2D eigenvalue weighted by Crippen LogP contribution is 2.37. The van der Waals surface area contributed by atoms with E-state index in [1.165, 1.54) is 27.6 Å². The Morgan fingerprint density at radius 3 is 2.08 bits per heavy atom. The summed E-state index contributed by atoms with van der Waals surface area (Å²) in [5.41, 5.74) is 2.54. The smallest absolute Gasteiger partial charge is 0.265 e. The number of aryl methyl sites for hydroxylation is 1. The van der Waals surface area contributed by atoms with Crippen molar-refractivity contribution in [2.75, 3.05) is 64.0 Å². The Morgan fingerprint density at radius 1 is 1.00 bits per heavy atom. The monoisotopic (exact) mass is 565 g/mol. The van der Waals surface area contributed by atoms with Gasteiger partial charge in [-0.1, -0.05) is 22.7 Å². The van der Waals surface area contributed by atoms with Crippen molar-refractivity contribution in [3.8, 4) is 0 Å². The number of nitrogens with one attached hydrogen (secondary N) is 2. The molecule has 206 valence electrons. The lowest BCUT2D eigenvalue weighted by Crippen LogP contribution is -2.47. The molecule has 13 heteroatoms. The van der Waals surface area contributed by atoms with Crippen molar-refractivity contribution < 1.29 is 18.4 Å². The minimum absolute atomic E-state index is 0.0729. The van der Waals surface area contributed by atoms with Crippen LogP contribution in [0.25, 0.3) is 20.4 Å². The van der Waals surface area contributed by atoms with E-state index >= 15 is 0 Å². The molecule has 4 heterocycles. The lowest BCUT2D eigenvalue weighted by Gasteiger charge is -2.35. The molecular formula is C25H33F2N7O2S2. The number of rotatable bonds is 7. The molecule has 1 aromatic carbocycles. The van der Waals surface area contributed by atoms with Crippen LogP contribution < -0.4 is 10.6 Å². The zero-order valence-electron chi connectivity index (χ0n) is 21.9. The van der Waals surface area contributed by atoms with Gasteiger partial charge in [-0.05, 0) is 46.3 Å². The molecule has 2 amide bonds. The molecule has 38 heavy (non-hydrogen) atoms. The number of carbonyl (C=O) groups excluding carboxylic acids is 2. The lowest BCUT2D eigenvalue weighted by atomic mass is 10.0. The Morgan fingerprint density at radius 2 is 1.55 bits per heavy atom. The van der Waals surface area contributed by atoms with Crippen LogP contribution in [0.3, 0.4) is 0 Å². The molecule has 2 saturated heterocycles. The van der Waals surface area contributed by atoms with Crippen LogP contribution in [-0.2, 0) is 9.59 Å². The van der Waals surface area contributed by atoms with Gasteiger partial charge in [-0.15, -0.1) is 0 Å². The molecular weight excluding hydrogens is 532 g/mol. The molecule has 0 spiro atoms. The minimum atomic E-state index is -2.82. The molecule has 0 saturated carbocycles. The number of likely N-dealkylation sites (tertiary alicyclic amines) is 2. The van der Waals surface area contributed by atoms with Crippen molar-refractivity contribution in [2.24, 2.45) is 0 Å². The third-order valence-electron chi connectivity index (χ3n) is 7.35. The fourth-order valence-corrected chi connectivity index (χ4v) is 7.11. The SMILES string of the molecule is Cc1c2nc(NCC(=O)N3CCC(N(C)C)CC3)sc2cc2sc(NCC(=O)N3CCCC(F)(F)C3)nc12. The molecule has 5 rings (SSSR count). The van der Waals surface area contributed by atoms with Gasteiger partial charge >= 0.3 is 0 Å². The number of nitrogens with zero attached hydrogens (tertiary/aromatic N) is 5. The number of amides is 2. The highest BCUT2D eigenvalue weighted by atomic mass is 32.1. The van der Waals surface area contributed by atoms with E-state index in [1.54, 1.807) is 0 Å². The van der Waals surface area contributed by atoms with Crippen LogP contribution in [0.15, 0.2) is 6.07 Å². The van der Waals surface area contributed by atoms with E-state index in [0.29, 0.717) is 29.3 Å². The Kier molecular flexibility index (Phi) is 7.70. The topological polar surface area (TPSA) is 93.7 Å². The second kappa shape index (κ2) is 10.9. The number of anilines is 2. The molecule has 2 aliphatic heterocycles. The molecule has 0 radical (unpaired) electrons. The van der Waals surface area contributed by atoms with Crippen LogP contribution in [0.2, 0.25) is 0 Å². The fraction of sp³-hybridized carbons (Fsp3) is 0.600. The fourth-order valence-electron chi connectivity index (χ4n) is 5.12. The summed E-state index contributed by atoms with van der Waals surface area (Å²) in [7, 11) is 4.16. The molecule has 2 N–H and O–H groups in total. The zero-order valence-corrected chi connectivity index (χ0v) is 23.5. The molecule has 9 nitrogen and oxygen atoms in total. The molecule has 2 fully saturated rings. The number of carbonyl (C=O) groups is 2. The number of halogens is 2. The van der Waals surface area contributed by atoms with Gasteiger partial charge in [-0.2, -0.15) is 0 Å². The number of alkyl halides is 2. The summed E-state index contributed by atoms with van der Waals surface area (Å²) < 4.78 is 29.2. The Labute approximate surface area is 228 Å². The van der Waals surface area contributed by atoms with E-state index in [2.05, 4.69) is 34.6 Å². The van der Waals surface area contributed by atoms with Crippen molar-refractivity contribution in [1.82, 2.24) is 24.7 Å². The number of piperidine rings is 2. The van der Waals surface area contributed by atoms with Gasteiger partial charge in [0, 0.05) is 37.7 Å². The summed E-state index contributed by atoms with van der Waals surface area (Å²) in [5.74, 6) is -3.08. The van der Waals surface area contributed by atoms with Crippen LogP contribution in [0.5, 0.6) is 0 Å². The van der Waals surface area contributed by atoms with E-state index in [-0.39, 0.29) is 31.3 Å². The minimum Gasteiger partial charge on any atom is -0.352 e. The van der Waals surface area contributed by atoms with Crippen LogP contribution in [-0.4, -0.2) is 102 Å². The number of fused-ring (bicyclic) bond motifs is 2. The normalized spacial score (nSPS) is 18.5. The first kappa shape index (κ1) is 26.9. The van der Waals surface area contributed by atoms with Crippen LogP contribution in [0, 0.1) is 6.92 Å². The van der Waals surface area contributed by atoms with Crippen LogP contribution in [0.4, 0.5) is 19.0 Å². The number of aromatic nitrogens is 2. The highest BCUT2D eigenvalue weighted by molar-refractivity contribution is 7.24. The second-order valence-corrected chi connectivity index (χ2v) is 12.4. The van der Waals surface area contributed by atoms with Gasteiger partial charge in [0.1, 0.15) is 0 Å². The van der Waals surface area contributed by atoms with Crippen molar-refractivity contribution >= 4 is 65.2 Å². The first-order valence-electron chi connectivity index (χ1n) is 12.9. The van der Waals surface area contributed by atoms with Gasteiger partial charge in [0.05, 0.1) is 40.1 Å². The number of hydrogen-bond donors (Lipinski definition) is 2.